The zero-order chi connectivity index (χ0) is 22.7. The third-order valence-corrected chi connectivity index (χ3v) is 6.63. The predicted molar refractivity (Wildman–Crippen MR) is 129 cm³/mol. The zero-order valence-electron chi connectivity index (χ0n) is 19.4. The highest BCUT2D eigenvalue weighted by molar-refractivity contribution is 6.30. The molecule has 0 spiro atoms. The summed E-state index contributed by atoms with van der Waals surface area (Å²) < 4.78 is 5.81. The molecule has 172 valence electrons. The zero-order valence-corrected chi connectivity index (χ0v) is 20.1. The van der Waals surface area contributed by atoms with E-state index in [4.69, 9.17) is 16.3 Å². The van der Waals surface area contributed by atoms with E-state index in [-0.39, 0.29) is 12.1 Å². The molecule has 2 aliphatic heterocycles. The molecule has 5 nitrogen and oxygen atoms in total. The maximum atomic E-state index is 13.7. The molecule has 0 aromatic heterocycles. The van der Waals surface area contributed by atoms with Gasteiger partial charge in [-0.15, -0.1) is 0 Å². The molecular formula is C26H34ClN3O2. The molecule has 32 heavy (non-hydrogen) atoms. The van der Waals surface area contributed by atoms with Gasteiger partial charge in [-0.3, -0.25) is 0 Å². The third-order valence-electron chi connectivity index (χ3n) is 6.40. The lowest BCUT2D eigenvalue weighted by Crippen LogP contribution is -2.49. The molecule has 2 aromatic rings. The van der Waals surface area contributed by atoms with Gasteiger partial charge in [-0.05, 0) is 79.9 Å². The summed E-state index contributed by atoms with van der Waals surface area (Å²) >= 11 is 6.31. The third kappa shape index (κ3) is 5.57. The van der Waals surface area contributed by atoms with Crippen molar-refractivity contribution < 1.29 is 9.53 Å². The summed E-state index contributed by atoms with van der Waals surface area (Å²) in [4.78, 5) is 20.1. The Morgan fingerprint density at radius 3 is 2.44 bits per heavy atom. The number of carbonyl (C=O) groups excluding carboxylic acids is 1. The monoisotopic (exact) mass is 455 g/mol. The van der Waals surface area contributed by atoms with Crippen LogP contribution in [0.2, 0.25) is 5.02 Å². The van der Waals surface area contributed by atoms with E-state index in [9.17, 15) is 4.79 Å². The van der Waals surface area contributed by atoms with Crippen molar-refractivity contribution in [3.8, 4) is 5.75 Å². The fraction of sp³-hybridized carbons (Fsp3) is 0.500. The summed E-state index contributed by atoms with van der Waals surface area (Å²) in [6.45, 7) is 8.83. The predicted octanol–water partition coefficient (Wildman–Crippen LogP) is 5.41. The highest BCUT2D eigenvalue weighted by atomic mass is 35.5. The number of piperidine rings is 1. The number of likely N-dealkylation sites (tertiary alicyclic amines) is 1. The van der Waals surface area contributed by atoms with Gasteiger partial charge in [-0.25, -0.2) is 4.79 Å². The SMILES string of the molecule is CC(C)COc1ccc(CN2Cc3cc(Cl)ccc3CN(C3CCN(C)CC3)C2=O)cc1. The quantitative estimate of drug-likeness (QED) is 0.584. The molecule has 0 unspecified atom stereocenters. The number of urea groups is 1. The van der Waals surface area contributed by atoms with Crippen molar-refractivity contribution in [2.24, 2.45) is 5.92 Å². The van der Waals surface area contributed by atoms with Gasteiger partial charge < -0.3 is 19.4 Å². The first kappa shape index (κ1) is 22.9. The fourth-order valence-electron chi connectivity index (χ4n) is 4.49. The van der Waals surface area contributed by atoms with E-state index in [1.54, 1.807) is 0 Å². The number of fused-ring (bicyclic) bond motifs is 1. The van der Waals surface area contributed by atoms with Crippen LogP contribution in [0, 0.1) is 5.92 Å². The first-order valence-corrected chi connectivity index (χ1v) is 12.0. The first-order valence-electron chi connectivity index (χ1n) is 11.6. The molecule has 1 saturated heterocycles. The number of nitrogens with zero attached hydrogens (tertiary/aromatic N) is 3. The maximum absolute atomic E-state index is 13.7. The summed E-state index contributed by atoms with van der Waals surface area (Å²) in [5.74, 6) is 1.36. The second-order valence-corrected chi connectivity index (χ2v) is 10.00. The molecule has 2 aliphatic rings. The van der Waals surface area contributed by atoms with Crippen LogP contribution in [0.25, 0.3) is 0 Å². The van der Waals surface area contributed by atoms with E-state index in [0.717, 1.165) is 47.8 Å². The van der Waals surface area contributed by atoms with E-state index in [1.165, 1.54) is 5.56 Å². The van der Waals surface area contributed by atoms with Crippen LogP contribution >= 0.6 is 11.6 Å². The highest BCUT2D eigenvalue weighted by Crippen LogP contribution is 2.29. The number of ether oxygens (including phenoxy) is 1. The van der Waals surface area contributed by atoms with Crippen LogP contribution in [0.15, 0.2) is 42.5 Å². The minimum Gasteiger partial charge on any atom is -0.493 e. The summed E-state index contributed by atoms with van der Waals surface area (Å²) in [7, 11) is 2.15. The van der Waals surface area contributed by atoms with Crippen molar-refractivity contribution in [3.05, 3.63) is 64.2 Å². The molecule has 2 aromatic carbocycles. The number of rotatable bonds is 6. The number of hydrogen-bond acceptors (Lipinski definition) is 3. The number of amides is 2. The Morgan fingerprint density at radius 1 is 1.03 bits per heavy atom. The van der Waals surface area contributed by atoms with Gasteiger partial charge >= 0.3 is 6.03 Å². The van der Waals surface area contributed by atoms with E-state index >= 15 is 0 Å². The molecule has 2 heterocycles. The summed E-state index contributed by atoms with van der Waals surface area (Å²) in [5.41, 5.74) is 3.43. The minimum absolute atomic E-state index is 0.118. The highest BCUT2D eigenvalue weighted by Gasteiger charge is 2.33. The fourth-order valence-corrected chi connectivity index (χ4v) is 4.69. The van der Waals surface area contributed by atoms with Crippen LogP contribution in [0.3, 0.4) is 0 Å². The van der Waals surface area contributed by atoms with Gasteiger partial charge in [0.1, 0.15) is 5.75 Å². The van der Waals surface area contributed by atoms with Crippen molar-refractivity contribution >= 4 is 17.6 Å². The van der Waals surface area contributed by atoms with Crippen molar-refractivity contribution in [1.82, 2.24) is 14.7 Å². The molecule has 1 fully saturated rings. The number of benzene rings is 2. The number of hydrogen-bond donors (Lipinski definition) is 0. The van der Waals surface area contributed by atoms with Gasteiger partial charge in [0.25, 0.3) is 0 Å². The van der Waals surface area contributed by atoms with Crippen LogP contribution in [0.5, 0.6) is 5.75 Å². The van der Waals surface area contributed by atoms with Crippen molar-refractivity contribution in [2.45, 2.75) is 52.4 Å². The van der Waals surface area contributed by atoms with E-state index in [0.29, 0.717) is 32.2 Å². The topological polar surface area (TPSA) is 36.0 Å². The van der Waals surface area contributed by atoms with Crippen molar-refractivity contribution in [1.29, 1.82) is 0 Å². The Labute approximate surface area is 196 Å². The first-order chi connectivity index (χ1) is 15.4. The molecule has 0 N–H and O–H groups in total. The Morgan fingerprint density at radius 2 is 1.75 bits per heavy atom. The average molecular weight is 456 g/mol. The Kier molecular flexibility index (Phi) is 7.27. The van der Waals surface area contributed by atoms with E-state index in [1.807, 2.05) is 29.2 Å². The van der Waals surface area contributed by atoms with Gasteiger partial charge in [0.05, 0.1) is 6.61 Å². The standard InChI is InChI=1S/C26H34ClN3O2/c1-19(2)18-32-25-8-4-20(5-9-25)15-29-16-22-14-23(27)7-6-21(22)17-30(26(29)31)24-10-12-28(3)13-11-24/h4-9,14,19,24H,10-13,15-18H2,1-3H3. The minimum atomic E-state index is 0.118. The number of carbonyl (C=O) groups is 1. The molecule has 2 amide bonds. The smallest absolute Gasteiger partial charge is 0.321 e. The van der Waals surface area contributed by atoms with Gasteiger partial charge in [-0.2, -0.15) is 0 Å². The van der Waals surface area contributed by atoms with Gasteiger partial charge in [-0.1, -0.05) is 43.6 Å². The molecule has 0 radical (unpaired) electrons. The van der Waals surface area contributed by atoms with Gasteiger partial charge in [0, 0.05) is 30.7 Å². The molecule has 0 atom stereocenters. The second-order valence-electron chi connectivity index (χ2n) is 9.56. The normalized spacial score (nSPS) is 18.1. The average Bonchev–Trinajstić information content (AvgIpc) is 2.90. The molecule has 0 saturated carbocycles. The van der Waals surface area contributed by atoms with Gasteiger partial charge in [0.15, 0.2) is 0 Å². The van der Waals surface area contributed by atoms with E-state index < -0.39 is 0 Å². The van der Waals surface area contributed by atoms with Crippen LogP contribution in [-0.2, 0) is 19.6 Å². The van der Waals surface area contributed by atoms with E-state index in [2.05, 4.69) is 48.9 Å². The summed E-state index contributed by atoms with van der Waals surface area (Å²) in [6.07, 6.45) is 2.03. The van der Waals surface area contributed by atoms with Gasteiger partial charge in [0.2, 0.25) is 0 Å². The molecule has 0 aliphatic carbocycles. The summed E-state index contributed by atoms with van der Waals surface area (Å²) in [6, 6.07) is 14.5. The molecule has 0 bridgehead atoms. The molecule has 6 heteroatoms. The lowest BCUT2D eigenvalue weighted by molar-refractivity contribution is 0.101. The van der Waals surface area contributed by atoms with Crippen LogP contribution < -0.4 is 4.74 Å². The Bertz CT molecular complexity index is 923. The second kappa shape index (κ2) is 10.1. The lowest BCUT2D eigenvalue weighted by atomic mass is 10.0. The van der Waals surface area contributed by atoms with Crippen molar-refractivity contribution in [2.75, 3.05) is 26.7 Å². The Hall–Kier alpha value is -2.24. The molecular weight excluding hydrogens is 422 g/mol. The van der Waals surface area contributed by atoms with Crippen LogP contribution in [0.1, 0.15) is 43.4 Å². The lowest BCUT2D eigenvalue weighted by Gasteiger charge is -2.38. The van der Waals surface area contributed by atoms with Crippen molar-refractivity contribution in [3.63, 3.8) is 0 Å². The summed E-state index contributed by atoms with van der Waals surface area (Å²) in [5, 5.41) is 0.718. The van der Waals surface area contributed by atoms with Crippen LogP contribution in [-0.4, -0.2) is 53.5 Å². The maximum Gasteiger partial charge on any atom is 0.321 e. The van der Waals surface area contributed by atoms with Crippen LogP contribution in [0.4, 0.5) is 4.79 Å². The number of halogens is 1. The largest absolute Gasteiger partial charge is 0.493 e. The molecule has 4 rings (SSSR count). The Balaban J connectivity index is 1.55.